The Hall–Kier alpha value is -1.52. The Kier molecular flexibility index (Phi) is 4.69. The van der Waals surface area contributed by atoms with Crippen LogP contribution in [-0.4, -0.2) is 0 Å². The van der Waals surface area contributed by atoms with E-state index in [4.69, 9.17) is 4.42 Å². The van der Waals surface area contributed by atoms with Gasteiger partial charge < -0.3 is 4.42 Å². The Labute approximate surface area is 141 Å². The molecule has 0 N–H and O–H groups in total. The molecule has 0 aliphatic rings. The van der Waals surface area contributed by atoms with E-state index >= 15 is 0 Å². The Morgan fingerprint density at radius 1 is 1.14 bits per heavy atom. The van der Waals surface area contributed by atoms with Gasteiger partial charge in [-0.15, -0.1) is 0 Å². The van der Waals surface area contributed by atoms with Gasteiger partial charge in [0.2, 0.25) is 0 Å². The molecule has 2 nitrogen and oxygen atoms in total. The van der Waals surface area contributed by atoms with E-state index in [2.05, 4.69) is 35.0 Å². The molecule has 0 aliphatic carbocycles. The van der Waals surface area contributed by atoms with Crippen molar-refractivity contribution in [3.8, 4) is 0 Å². The van der Waals surface area contributed by atoms with Crippen molar-refractivity contribution >= 4 is 38.7 Å². The van der Waals surface area contributed by atoms with E-state index in [1.165, 1.54) is 0 Å². The van der Waals surface area contributed by atoms with E-state index in [9.17, 15) is 4.79 Å². The number of hydrogen-bond donors (Lipinski definition) is 0. The second-order valence-electron chi connectivity index (χ2n) is 5.00. The summed E-state index contributed by atoms with van der Waals surface area (Å²) in [7, 11) is 0. The smallest absolute Gasteiger partial charge is 0.340 e. The predicted molar refractivity (Wildman–Crippen MR) is 94.7 cm³/mol. The van der Waals surface area contributed by atoms with Crippen molar-refractivity contribution in [2.45, 2.75) is 29.6 Å². The molecule has 0 bridgehead atoms. The highest BCUT2D eigenvalue weighted by molar-refractivity contribution is 9.10. The lowest BCUT2D eigenvalue weighted by Gasteiger charge is -2.11. The van der Waals surface area contributed by atoms with Crippen molar-refractivity contribution in [2.75, 3.05) is 0 Å². The number of fused-ring (bicyclic) bond motifs is 1. The molecular weight excluding hydrogens is 360 g/mol. The maximum absolute atomic E-state index is 12.3. The molecule has 2 aromatic carbocycles. The Balaban J connectivity index is 2.25. The van der Waals surface area contributed by atoms with Crippen LogP contribution in [0.2, 0.25) is 0 Å². The van der Waals surface area contributed by atoms with Crippen molar-refractivity contribution in [3.63, 3.8) is 0 Å². The Morgan fingerprint density at radius 2 is 1.91 bits per heavy atom. The van der Waals surface area contributed by atoms with Crippen molar-refractivity contribution < 1.29 is 4.42 Å². The molecule has 0 radical (unpaired) electrons. The van der Waals surface area contributed by atoms with Gasteiger partial charge in [-0.05, 0) is 36.8 Å². The molecule has 0 aliphatic heterocycles. The van der Waals surface area contributed by atoms with Crippen LogP contribution >= 0.6 is 27.7 Å². The third kappa shape index (κ3) is 3.13. The summed E-state index contributed by atoms with van der Waals surface area (Å²) in [5, 5.41) is 0.978. The lowest BCUT2D eigenvalue weighted by atomic mass is 10.1. The summed E-state index contributed by atoms with van der Waals surface area (Å²) in [4.78, 5) is 14.4. The SMILES string of the molecule is CCCc1c(Sc2ccccc2)c2cc(Br)ccc2oc1=O. The Morgan fingerprint density at radius 3 is 2.64 bits per heavy atom. The van der Waals surface area contributed by atoms with Gasteiger partial charge in [0.1, 0.15) is 5.58 Å². The fraction of sp³-hybridized carbons (Fsp3) is 0.167. The minimum atomic E-state index is -0.227. The zero-order chi connectivity index (χ0) is 15.5. The molecule has 3 rings (SSSR count). The molecule has 1 aromatic heterocycles. The fourth-order valence-electron chi connectivity index (χ4n) is 2.37. The van der Waals surface area contributed by atoms with Crippen LogP contribution in [0.3, 0.4) is 0 Å². The second kappa shape index (κ2) is 6.71. The second-order valence-corrected chi connectivity index (χ2v) is 7.00. The molecule has 22 heavy (non-hydrogen) atoms. The van der Waals surface area contributed by atoms with Gasteiger partial charge in [-0.25, -0.2) is 4.79 Å². The van der Waals surface area contributed by atoms with Crippen LogP contribution < -0.4 is 5.63 Å². The van der Waals surface area contributed by atoms with Gasteiger partial charge in [0.15, 0.2) is 0 Å². The van der Waals surface area contributed by atoms with Gasteiger partial charge in [0, 0.05) is 19.6 Å². The van der Waals surface area contributed by atoms with Crippen LogP contribution in [-0.2, 0) is 6.42 Å². The average molecular weight is 375 g/mol. The molecule has 0 saturated carbocycles. The molecule has 0 unspecified atom stereocenters. The van der Waals surface area contributed by atoms with E-state index in [1.54, 1.807) is 11.8 Å². The summed E-state index contributed by atoms with van der Waals surface area (Å²) in [5.41, 5.74) is 1.17. The monoisotopic (exact) mass is 374 g/mol. The number of hydrogen-bond acceptors (Lipinski definition) is 3. The number of halogens is 1. The lowest BCUT2D eigenvalue weighted by molar-refractivity contribution is 0.543. The quantitative estimate of drug-likeness (QED) is 0.551. The van der Waals surface area contributed by atoms with Crippen LogP contribution in [0, 0.1) is 0 Å². The molecular formula is C18H15BrO2S. The van der Waals surface area contributed by atoms with Crippen molar-refractivity contribution in [1.82, 2.24) is 0 Å². The zero-order valence-electron chi connectivity index (χ0n) is 12.1. The summed E-state index contributed by atoms with van der Waals surface area (Å²) in [6.45, 7) is 2.07. The predicted octanol–water partition coefficient (Wildman–Crippen LogP) is 5.66. The van der Waals surface area contributed by atoms with E-state index < -0.39 is 0 Å². The van der Waals surface area contributed by atoms with Crippen LogP contribution in [0.15, 0.2) is 72.0 Å². The van der Waals surface area contributed by atoms with Crippen molar-refractivity contribution in [3.05, 3.63) is 69.0 Å². The molecule has 1 heterocycles. The topological polar surface area (TPSA) is 30.2 Å². The van der Waals surface area contributed by atoms with Gasteiger partial charge in [-0.3, -0.25) is 0 Å². The number of benzene rings is 2. The minimum absolute atomic E-state index is 0.227. The van der Waals surface area contributed by atoms with Gasteiger partial charge >= 0.3 is 5.63 Å². The third-order valence-corrected chi connectivity index (χ3v) is 5.04. The molecule has 4 heteroatoms. The number of rotatable bonds is 4. The highest BCUT2D eigenvalue weighted by Gasteiger charge is 2.15. The standard InChI is InChI=1S/C18H15BrO2S/c1-2-6-14-17(22-13-7-4-3-5-8-13)15-11-12(19)9-10-16(15)21-18(14)20/h3-5,7-11H,2,6H2,1H3. The minimum Gasteiger partial charge on any atom is -0.422 e. The Bertz CT molecular complexity index is 856. The fourth-order valence-corrected chi connectivity index (χ4v) is 3.84. The summed E-state index contributed by atoms with van der Waals surface area (Å²) in [6.07, 6.45) is 1.63. The largest absolute Gasteiger partial charge is 0.422 e. The normalized spacial score (nSPS) is 11.0. The van der Waals surface area contributed by atoms with E-state index in [-0.39, 0.29) is 5.63 Å². The average Bonchev–Trinajstić information content (AvgIpc) is 2.52. The first-order valence-corrected chi connectivity index (χ1v) is 8.78. The summed E-state index contributed by atoms with van der Waals surface area (Å²) >= 11 is 5.13. The molecule has 0 fully saturated rings. The van der Waals surface area contributed by atoms with Crippen LogP contribution in [0.5, 0.6) is 0 Å². The van der Waals surface area contributed by atoms with Gasteiger partial charge in [0.05, 0.1) is 5.56 Å². The highest BCUT2D eigenvalue weighted by atomic mass is 79.9. The maximum atomic E-state index is 12.3. The third-order valence-electron chi connectivity index (χ3n) is 3.37. The highest BCUT2D eigenvalue weighted by Crippen LogP contribution is 2.36. The first-order chi connectivity index (χ1) is 10.7. The van der Waals surface area contributed by atoms with E-state index in [1.807, 2.05) is 36.4 Å². The lowest BCUT2D eigenvalue weighted by Crippen LogP contribution is -2.09. The van der Waals surface area contributed by atoms with Crippen LogP contribution in [0.1, 0.15) is 18.9 Å². The first-order valence-electron chi connectivity index (χ1n) is 7.17. The molecule has 0 atom stereocenters. The molecule has 112 valence electrons. The summed E-state index contributed by atoms with van der Waals surface area (Å²) in [6, 6.07) is 15.9. The van der Waals surface area contributed by atoms with Crippen molar-refractivity contribution in [2.24, 2.45) is 0 Å². The summed E-state index contributed by atoms with van der Waals surface area (Å²) < 4.78 is 6.47. The van der Waals surface area contributed by atoms with E-state index in [0.29, 0.717) is 5.58 Å². The van der Waals surface area contributed by atoms with Crippen LogP contribution in [0.25, 0.3) is 11.0 Å². The maximum Gasteiger partial charge on any atom is 0.340 e. The molecule has 3 aromatic rings. The van der Waals surface area contributed by atoms with Gasteiger partial charge in [-0.1, -0.05) is 59.2 Å². The molecule has 0 saturated heterocycles. The zero-order valence-corrected chi connectivity index (χ0v) is 14.5. The van der Waals surface area contributed by atoms with Gasteiger partial charge in [0.25, 0.3) is 0 Å². The molecule has 0 spiro atoms. The molecule has 0 amide bonds. The van der Waals surface area contributed by atoms with Crippen molar-refractivity contribution in [1.29, 1.82) is 0 Å². The van der Waals surface area contributed by atoms with Gasteiger partial charge in [-0.2, -0.15) is 0 Å². The summed E-state index contributed by atoms with van der Waals surface area (Å²) in [5.74, 6) is 0. The van der Waals surface area contributed by atoms with E-state index in [0.717, 1.165) is 38.1 Å². The van der Waals surface area contributed by atoms with Crippen LogP contribution in [0.4, 0.5) is 0 Å². The first kappa shape index (κ1) is 15.4.